The Balaban J connectivity index is 2.29. The molecule has 3 aromatic heterocycles. The van der Waals surface area contributed by atoms with Gasteiger partial charge in [0.05, 0.1) is 0 Å². The maximum atomic E-state index is 5.76. The lowest BCUT2D eigenvalue weighted by Crippen LogP contribution is -1.89. The van der Waals surface area contributed by atoms with E-state index in [2.05, 4.69) is 15.2 Å². The van der Waals surface area contributed by atoms with Crippen molar-refractivity contribution in [1.82, 2.24) is 19.6 Å². The van der Waals surface area contributed by atoms with E-state index in [1.165, 1.54) is 0 Å². The molecule has 3 heterocycles. The number of thiophene rings is 1. The first-order valence-electron chi connectivity index (χ1n) is 4.23. The largest absolute Gasteiger partial charge is 0.265 e. The van der Waals surface area contributed by atoms with Crippen LogP contribution in [0.4, 0.5) is 0 Å². The molecule has 0 aliphatic carbocycles. The summed E-state index contributed by atoms with van der Waals surface area (Å²) in [6.45, 7) is 0. The van der Waals surface area contributed by atoms with Gasteiger partial charge in [0.15, 0.2) is 11.5 Å². The Hall–Kier alpha value is -1.46. The van der Waals surface area contributed by atoms with Gasteiger partial charge >= 0.3 is 0 Å². The van der Waals surface area contributed by atoms with Gasteiger partial charge in [-0.05, 0) is 11.4 Å². The van der Waals surface area contributed by atoms with Crippen LogP contribution in [-0.2, 0) is 0 Å². The van der Waals surface area contributed by atoms with E-state index in [1.807, 2.05) is 21.2 Å². The van der Waals surface area contributed by atoms with Crippen molar-refractivity contribution in [2.45, 2.75) is 0 Å². The Kier molecular flexibility index (Phi) is 1.93. The van der Waals surface area contributed by atoms with Crippen LogP contribution in [0.1, 0.15) is 0 Å². The summed E-state index contributed by atoms with van der Waals surface area (Å²) in [4.78, 5) is 4.00. The molecule has 0 bridgehead atoms. The van der Waals surface area contributed by atoms with E-state index in [4.69, 9.17) is 11.6 Å². The summed E-state index contributed by atoms with van der Waals surface area (Å²) in [5, 5.41) is 12.6. The van der Waals surface area contributed by atoms with Gasteiger partial charge < -0.3 is 0 Å². The molecule has 0 saturated heterocycles. The smallest absolute Gasteiger partial charge is 0.170 e. The Morgan fingerprint density at radius 3 is 3.07 bits per heavy atom. The summed E-state index contributed by atoms with van der Waals surface area (Å²) >= 11 is 7.38. The number of rotatable bonds is 1. The molecular weight excluding hydrogens is 232 g/mol. The van der Waals surface area contributed by atoms with Crippen LogP contribution in [0.2, 0.25) is 5.15 Å². The number of hydrogen-bond acceptors (Lipinski definition) is 4. The molecule has 0 aromatic carbocycles. The monoisotopic (exact) mass is 236 g/mol. The topological polar surface area (TPSA) is 43.1 Å². The van der Waals surface area contributed by atoms with Crippen LogP contribution in [0.15, 0.2) is 29.2 Å². The van der Waals surface area contributed by atoms with Crippen molar-refractivity contribution in [3.63, 3.8) is 0 Å². The molecule has 6 heteroatoms. The van der Waals surface area contributed by atoms with Gasteiger partial charge in [0.25, 0.3) is 0 Å². The molecule has 0 saturated carbocycles. The summed E-state index contributed by atoms with van der Waals surface area (Å²) in [6.07, 6.45) is 1.63. The fourth-order valence-corrected chi connectivity index (χ4v) is 2.14. The van der Waals surface area contributed by atoms with Gasteiger partial charge in [-0.3, -0.25) is 4.40 Å². The average molecular weight is 237 g/mol. The molecular formula is C9H5ClN4S. The minimum Gasteiger partial charge on any atom is -0.265 e. The Bertz CT molecular complexity index is 602. The van der Waals surface area contributed by atoms with Crippen molar-refractivity contribution in [1.29, 1.82) is 0 Å². The number of fused-ring (bicyclic) bond motifs is 1. The highest BCUT2D eigenvalue weighted by Crippen LogP contribution is 2.21. The number of nitrogens with zero attached hydrogens (tertiary/aromatic N) is 4. The van der Waals surface area contributed by atoms with Crippen molar-refractivity contribution >= 4 is 28.6 Å². The van der Waals surface area contributed by atoms with Crippen molar-refractivity contribution in [3.8, 4) is 11.4 Å². The molecule has 74 valence electrons. The highest BCUT2D eigenvalue weighted by Gasteiger charge is 2.08. The summed E-state index contributed by atoms with van der Waals surface area (Å²) in [7, 11) is 0. The third-order valence-corrected chi connectivity index (χ3v) is 2.94. The molecule has 0 aliphatic rings. The lowest BCUT2D eigenvalue weighted by molar-refractivity contribution is 1.08. The molecule has 0 unspecified atom stereocenters. The van der Waals surface area contributed by atoms with Gasteiger partial charge in [-0.2, -0.15) is 11.3 Å². The van der Waals surface area contributed by atoms with E-state index >= 15 is 0 Å². The van der Waals surface area contributed by atoms with Crippen molar-refractivity contribution in [2.75, 3.05) is 0 Å². The van der Waals surface area contributed by atoms with E-state index < -0.39 is 0 Å². The molecule has 3 rings (SSSR count). The van der Waals surface area contributed by atoms with Crippen LogP contribution < -0.4 is 0 Å². The summed E-state index contributed by atoms with van der Waals surface area (Å²) in [5.74, 6) is 0.787. The van der Waals surface area contributed by atoms with Gasteiger partial charge in [0.1, 0.15) is 11.5 Å². The molecule has 4 nitrogen and oxygen atoms in total. The highest BCUT2D eigenvalue weighted by atomic mass is 35.5. The van der Waals surface area contributed by atoms with Gasteiger partial charge in [-0.15, -0.1) is 10.2 Å². The lowest BCUT2D eigenvalue weighted by Gasteiger charge is -1.95. The molecule has 3 aromatic rings. The van der Waals surface area contributed by atoms with Crippen LogP contribution in [-0.4, -0.2) is 19.6 Å². The zero-order valence-electron chi connectivity index (χ0n) is 7.46. The summed E-state index contributed by atoms with van der Waals surface area (Å²) in [5.41, 5.74) is 1.74. The van der Waals surface area contributed by atoms with E-state index in [1.54, 1.807) is 23.7 Å². The van der Waals surface area contributed by atoms with Crippen LogP contribution in [0.25, 0.3) is 17.0 Å². The van der Waals surface area contributed by atoms with Gasteiger partial charge in [0.2, 0.25) is 0 Å². The normalized spacial score (nSPS) is 11.0. The second-order valence-electron chi connectivity index (χ2n) is 2.98. The minimum atomic E-state index is 0.423. The average Bonchev–Trinajstić information content (AvgIpc) is 2.82. The van der Waals surface area contributed by atoms with Crippen molar-refractivity contribution < 1.29 is 0 Å². The first-order valence-corrected chi connectivity index (χ1v) is 5.55. The fourth-order valence-electron chi connectivity index (χ4n) is 1.36. The first kappa shape index (κ1) is 8.82. The SMILES string of the molecule is Clc1cc2nnc(-c3ccsc3)n2cn1. The van der Waals surface area contributed by atoms with E-state index in [-0.39, 0.29) is 0 Å². The minimum absolute atomic E-state index is 0.423. The van der Waals surface area contributed by atoms with Gasteiger partial charge in [-0.25, -0.2) is 4.98 Å². The second kappa shape index (κ2) is 3.29. The summed E-state index contributed by atoms with van der Waals surface area (Å²) < 4.78 is 1.81. The lowest BCUT2D eigenvalue weighted by atomic mass is 10.3. The molecule has 0 spiro atoms. The molecule has 0 fully saturated rings. The standard InChI is InChI=1S/C9H5ClN4S/c10-7-3-8-12-13-9(14(8)5-11-7)6-1-2-15-4-6/h1-5H. The van der Waals surface area contributed by atoms with Crippen LogP contribution in [0.5, 0.6) is 0 Å². The molecule has 0 aliphatic heterocycles. The van der Waals surface area contributed by atoms with E-state index in [9.17, 15) is 0 Å². The quantitative estimate of drug-likeness (QED) is 0.610. The molecule has 15 heavy (non-hydrogen) atoms. The maximum absolute atomic E-state index is 5.76. The maximum Gasteiger partial charge on any atom is 0.170 e. The number of aromatic nitrogens is 4. The Morgan fingerprint density at radius 2 is 2.27 bits per heavy atom. The van der Waals surface area contributed by atoms with Gasteiger partial charge in [-0.1, -0.05) is 11.6 Å². The van der Waals surface area contributed by atoms with Crippen LogP contribution >= 0.6 is 22.9 Å². The molecule has 0 radical (unpaired) electrons. The first-order chi connectivity index (χ1) is 7.34. The predicted octanol–water partition coefficient (Wildman–Crippen LogP) is 2.51. The zero-order valence-corrected chi connectivity index (χ0v) is 9.03. The molecule has 0 amide bonds. The Morgan fingerprint density at radius 1 is 1.33 bits per heavy atom. The van der Waals surface area contributed by atoms with E-state index in [0.29, 0.717) is 10.8 Å². The predicted molar refractivity (Wildman–Crippen MR) is 59.1 cm³/mol. The Labute approximate surface area is 94.2 Å². The third-order valence-electron chi connectivity index (χ3n) is 2.05. The highest BCUT2D eigenvalue weighted by molar-refractivity contribution is 7.08. The van der Waals surface area contributed by atoms with Crippen molar-refractivity contribution in [2.24, 2.45) is 0 Å². The molecule has 0 atom stereocenters. The molecule has 0 N–H and O–H groups in total. The summed E-state index contributed by atoms with van der Waals surface area (Å²) in [6, 6.07) is 3.68. The van der Waals surface area contributed by atoms with Crippen molar-refractivity contribution in [3.05, 3.63) is 34.4 Å². The number of halogens is 1. The zero-order chi connectivity index (χ0) is 10.3. The van der Waals surface area contributed by atoms with Crippen LogP contribution in [0.3, 0.4) is 0 Å². The number of hydrogen-bond donors (Lipinski definition) is 0. The fraction of sp³-hybridized carbons (Fsp3) is 0. The van der Waals surface area contributed by atoms with Gasteiger partial charge in [0, 0.05) is 17.0 Å². The van der Waals surface area contributed by atoms with E-state index in [0.717, 1.165) is 11.4 Å². The third kappa shape index (κ3) is 1.40. The second-order valence-corrected chi connectivity index (χ2v) is 4.14. The van der Waals surface area contributed by atoms with Crippen LogP contribution in [0, 0.1) is 0 Å².